The molecule has 0 unspecified atom stereocenters. The second-order valence-electron chi connectivity index (χ2n) is 8.24. The van der Waals surface area contributed by atoms with Crippen LogP contribution < -0.4 is 10.6 Å². The highest BCUT2D eigenvalue weighted by atomic mass is 35.5. The number of amides is 1. The van der Waals surface area contributed by atoms with Crippen molar-refractivity contribution in [3.05, 3.63) is 77.3 Å². The zero-order valence-corrected chi connectivity index (χ0v) is 18.7. The SMILES string of the molecule is C[C@H](Nc1cc(C(=O)N[C@H]2CCCC[C@@H]2O)ccc1Cl)c1cncc(-c2cccnc2)c1. The zero-order valence-electron chi connectivity index (χ0n) is 18.0. The average Bonchev–Trinajstić information content (AvgIpc) is 2.82. The normalized spacial score (nSPS) is 19.2. The summed E-state index contributed by atoms with van der Waals surface area (Å²) < 4.78 is 0. The number of rotatable bonds is 6. The first kappa shape index (κ1) is 22.2. The molecule has 3 N–H and O–H groups in total. The van der Waals surface area contributed by atoms with Crippen LogP contribution in [0.25, 0.3) is 11.1 Å². The van der Waals surface area contributed by atoms with E-state index in [-0.39, 0.29) is 18.0 Å². The summed E-state index contributed by atoms with van der Waals surface area (Å²) in [5.41, 5.74) is 4.14. The molecule has 1 saturated carbocycles. The summed E-state index contributed by atoms with van der Waals surface area (Å²) >= 11 is 6.42. The molecule has 0 radical (unpaired) electrons. The Labute approximate surface area is 193 Å². The van der Waals surface area contributed by atoms with E-state index in [4.69, 9.17) is 11.6 Å². The lowest BCUT2D eigenvalue weighted by Gasteiger charge is -2.28. The van der Waals surface area contributed by atoms with E-state index in [1.807, 2.05) is 31.5 Å². The fourth-order valence-corrected chi connectivity index (χ4v) is 4.18. The van der Waals surface area contributed by atoms with Gasteiger partial charge in [-0.3, -0.25) is 14.8 Å². The third-order valence-electron chi connectivity index (χ3n) is 5.90. The van der Waals surface area contributed by atoms with Crippen molar-refractivity contribution in [1.82, 2.24) is 15.3 Å². The molecule has 1 aliphatic carbocycles. The first-order chi connectivity index (χ1) is 15.5. The quantitative estimate of drug-likeness (QED) is 0.491. The predicted molar refractivity (Wildman–Crippen MR) is 127 cm³/mol. The molecule has 1 aromatic carbocycles. The van der Waals surface area contributed by atoms with E-state index in [2.05, 4.69) is 26.7 Å². The molecule has 0 aliphatic heterocycles. The van der Waals surface area contributed by atoms with Crippen LogP contribution in [-0.2, 0) is 0 Å². The average molecular weight is 451 g/mol. The number of nitrogens with zero attached hydrogens (tertiary/aromatic N) is 2. The van der Waals surface area contributed by atoms with Crippen LogP contribution in [0.2, 0.25) is 5.02 Å². The third kappa shape index (κ3) is 5.26. The lowest BCUT2D eigenvalue weighted by molar-refractivity contribution is 0.0717. The Morgan fingerprint density at radius 1 is 1.09 bits per heavy atom. The molecule has 32 heavy (non-hydrogen) atoms. The van der Waals surface area contributed by atoms with Crippen LogP contribution >= 0.6 is 11.6 Å². The van der Waals surface area contributed by atoms with Gasteiger partial charge >= 0.3 is 0 Å². The van der Waals surface area contributed by atoms with Gasteiger partial charge < -0.3 is 15.7 Å². The molecule has 7 heteroatoms. The number of aliphatic hydroxyl groups excluding tert-OH is 1. The fourth-order valence-electron chi connectivity index (χ4n) is 4.01. The number of aromatic nitrogens is 2. The van der Waals surface area contributed by atoms with Crippen molar-refractivity contribution in [1.29, 1.82) is 0 Å². The summed E-state index contributed by atoms with van der Waals surface area (Å²) in [4.78, 5) is 21.3. The maximum absolute atomic E-state index is 12.8. The number of pyridine rings is 2. The number of aliphatic hydroxyl groups is 1. The van der Waals surface area contributed by atoms with E-state index in [0.29, 0.717) is 16.3 Å². The summed E-state index contributed by atoms with van der Waals surface area (Å²) in [7, 11) is 0. The van der Waals surface area contributed by atoms with Crippen LogP contribution in [0.1, 0.15) is 54.6 Å². The highest BCUT2D eigenvalue weighted by molar-refractivity contribution is 6.33. The Kier molecular flexibility index (Phi) is 7.02. The van der Waals surface area contributed by atoms with Crippen LogP contribution in [0.15, 0.2) is 61.2 Å². The van der Waals surface area contributed by atoms with E-state index in [1.54, 1.807) is 30.6 Å². The Bertz CT molecular complexity index is 1080. The molecule has 3 atom stereocenters. The number of anilines is 1. The molecule has 166 valence electrons. The molecule has 0 bridgehead atoms. The van der Waals surface area contributed by atoms with Crippen molar-refractivity contribution in [2.24, 2.45) is 0 Å². The summed E-state index contributed by atoms with van der Waals surface area (Å²) in [6.07, 6.45) is 10.2. The standard InChI is InChI=1S/C25H27ClN4O2/c1-16(19-11-20(15-28-14-19)18-5-4-10-27-13-18)29-23-12-17(8-9-21(23)26)25(32)30-22-6-2-3-7-24(22)31/h4-5,8-16,22,24,29,31H,2-3,6-7H2,1H3,(H,30,32)/t16-,22-,24-/m0/s1. The van der Waals surface area contributed by atoms with Gasteiger partial charge in [-0.15, -0.1) is 0 Å². The Morgan fingerprint density at radius 3 is 2.69 bits per heavy atom. The highest BCUT2D eigenvalue weighted by Gasteiger charge is 2.25. The number of benzene rings is 1. The number of carbonyl (C=O) groups is 1. The van der Waals surface area contributed by atoms with Crippen molar-refractivity contribution < 1.29 is 9.90 Å². The first-order valence-electron chi connectivity index (χ1n) is 10.9. The van der Waals surface area contributed by atoms with Gasteiger partial charge in [-0.2, -0.15) is 0 Å². The predicted octanol–water partition coefficient (Wildman–Crippen LogP) is 5.00. The minimum atomic E-state index is -0.489. The maximum Gasteiger partial charge on any atom is 0.251 e. The molecule has 0 saturated heterocycles. The second kappa shape index (κ2) is 10.1. The van der Waals surface area contributed by atoms with E-state index in [0.717, 1.165) is 42.4 Å². The van der Waals surface area contributed by atoms with Gasteiger partial charge in [0.25, 0.3) is 5.91 Å². The number of halogens is 1. The minimum absolute atomic E-state index is 0.0879. The van der Waals surface area contributed by atoms with E-state index >= 15 is 0 Å². The summed E-state index contributed by atoms with van der Waals surface area (Å²) in [6, 6.07) is 10.8. The van der Waals surface area contributed by atoms with Crippen molar-refractivity contribution in [3.8, 4) is 11.1 Å². The Morgan fingerprint density at radius 2 is 1.91 bits per heavy atom. The summed E-state index contributed by atoms with van der Waals surface area (Å²) in [6.45, 7) is 2.02. The summed E-state index contributed by atoms with van der Waals surface area (Å²) in [5, 5.41) is 17.0. The second-order valence-corrected chi connectivity index (χ2v) is 8.65. The number of hydrogen-bond acceptors (Lipinski definition) is 5. The van der Waals surface area contributed by atoms with E-state index in [9.17, 15) is 9.90 Å². The molecular weight excluding hydrogens is 424 g/mol. The summed E-state index contributed by atoms with van der Waals surface area (Å²) in [5.74, 6) is -0.205. The lowest BCUT2D eigenvalue weighted by Crippen LogP contribution is -2.45. The van der Waals surface area contributed by atoms with Gasteiger partial charge in [-0.1, -0.05) is 30.5 Å². The Hall–Kier alpha value is -2.96. The highest BCUT2D eigenvalue weighted by Crippen LogP contribution is 2.29. The van der Waals surface area contributed by atoms with Crippen LogP contribution in [0.5, 0.6) is 0 Å². The topological polar surface area (TPSA) is 87.1 Å². The van der Waals surface area contributed by atoms with E-state index < -0.39 is 6.10 Å². The first-order valence-corrected chi connectivity index (χ1v) is 11.3. The van der Waals surface area contributed by atoms with Crippen molar-refractivity contribution in [3.63, 3.8) is 0 Å². The molecule has 1 amide bonds. The zero-order chi connectivity index (χ0) is 22.5. The molecule has 6 nitrogen and oxygen atoms in total. The van der Waals surface area contributed by atoms with Crippen molar-refractivity contribution in [2.45, 2.75) is 50.8 Å². The van der Waals surface area contributed by atoms with E-state index in [1.165, 1.54) is 0 Å². The van der Waals surface area contributed by atoms with Gasteiger partial charge in [0.1, 0.15) is 0 Å². The van der Waals surface area contributed by atoms with Crippen LogP contribution in [0, 0.1) is 0 Å². The van der Waals surface area contributed by atoms with Gasteiger partial charge in [-0.25, -0.2) is 0 Å². The van der Waals surface area contributed by atoms with Crippen LogP contribution in [-0.4, -0.2) is 33.1 Å². The van der Waals surface area contributed by atoms with Gasteiger partial charge in [0, 0.05) is 41.5 Å². The molecule has 3 aromatic rings. The largest absolute Gasteiger partial charge is 0.391 e. The molecule has 1 aliphatic rings. The molecule has 1 fully saturated rings. The van der Waals surface area contributed by atoms with Crippen molar-refractivity contribution >= 4 is 23.2 Å². The van der Waals surface area contributed by atoms with Gasteiger partial charge in [0.15, 0.2) is 0 Å². The minimum Gasteiger partial charge on any atom is -0.391 e. The molecule has 4 rings (SSSR count). The third-order valence-corrected chi connectivity index (χ3v) is 6.23. The monoisotopic (exact) mass is 450 g/mol. The Balaban J connectivity index is 1.49. The number of hydrogen-bond donors (Lipinski definition) is 3. The lowest BCUT2D eigenvalue weighted by atomic mass is 9.92. The maximum atomic E-state index is 12.8. The molecule has 0 spiro atoms. The fraction of sp³-hybridized carbons (Fsp3) is 0.320. The van der Waals surface area contributed by atoms with Gasteiger partial charge in [-0.05, 0) is 55.7 Å². The number of nitrogens with one attached hydrogen (secondary N) is 2. The van der Waals surface area contributed by atoms with Crippen molar-refractivity contribution in [2.75, 3.05) is 5.32 Å². The van der Waals surface area contributed by atoms with Crippen LogP contribution in [0.4, 0.5) is 5.69 Å². The number of carbonyl (C=O) groups excluding carboxylic acids is 1. The van der Waals surface area contributed by atoms with Gasteiger partial charge in [0.05, 0.1) is 28.9 Å². The van der Waals surface area contributed by atoms with Gasteiger partial charge in [0.2, 0.25) is 0 Å². The molecular formula is C25H27ClN4O2. The van der Waals surface area contributed by atoms with Crippen LogP contribution in [0.3, 0.4) is 0 Å². The smallest absolute Gasteiger partial charge is 0.251 e. The molecule has 2 aromatic heterocycles. The molecule has 2 heterocycles.